The van der Waals surface area contributed by atoms with E-state index >= 15 is 0 Å². The standard InChI is InChI=1S/C37H62N6O10/c1-34(2,3)50-30(44)38-28(25-27-13-15-29(16-14-27)43(48)49)26-39-17-19-40(31(45)51-35(4,5)6)21-23-42(33(47)53-37(10,11)12)24-22-41(20-18-39)32(46)52-36(7,8)9/h13-16,28H,17-26H2,1-12H3,(H,38,44). The summed E-state index contributed by atoms with van der Waals surface area (Å²) in [5.41, 5.74) is -2.37. The molecule has 0 saturated carbocycles. The van der Waals surface area contributed by atoms with Crippen molar-refractivity contribution in [1.82, 2.24) is 24.9 Å². The van der Waals surface area contributed by atoms with Gasteiger partial charge >= 0.3 is 24.4 Å². The number of hydrogen-bond acceptors (Lipinski definition) is 11. The number of ether oxygens (including phenoxy) is 4. The number of non-ortho nitro benzene ring substituents is 1. The zero-order valence-corrected chi connectivity index (χ0v) is 33.8. The maximum absolute atomic E-state index is 13.5. The molecule has 1 aliphatic heterocycles. The Kier molecular flexibility index (Phi) is 15.7. The fourth-order valence-corrected chi connectivity index (χ4v) is 5.15. The topological polar surface area (TPSA) is 173 Å². The molecule has 0 spiro atoms. The van der Waals surface area contributed by atoms with Gasteiger partial charge in [0.15, 0.2) is 0 Å². The zero-order valence-electron chi connectivity index (χ0n) is 33.8. The molecule has 1 heterocycles. The number of hydrogen-bond donors (Lipinski definition) is 1. The van der Waals surface area contributed by atoms with Gasteiger partial charge in [-0.05, 0) is 95.1 Å². The number of nitrogens with zero attached hydrogens (tertiary/aromatic N) is 5. The molecule has 1 aliphatic rings. The summed E-state index contributed by atoms with van der Waals surface area (Å²) in [4.78, 5) is 70.7. The highest BCUT2D eigenvalue weighted by Crippen LogP contribution is 2.17. The molecule has 0 aromatic heterocycles. The highest BCUT2D eigenvalue weighted by Gasteiger charge is 2.31. The highest BCUT2D eigenvalue weighted by atomic mass is 16.6. The number of carbonyl (C=O) groups is 4. The van der Waals surface area contributed by atoms with Gasteiger partial charge < -0.3 is 39.0 Å². The Bertz CT molecular complexity index is 1350. The SMILES string of the molecule is CC(C)(C)OC(=O)NC(Cc1ccc([N+](=O)[O-])cc1)CN1CCN(C(=O)OC(C)(C)C)CCN(C(=O)OC(C)(C)C)CCN(C(=O)OC(C)(C)C)CC1. The van der Waals surface area contributed by atoms with E-state index in [0.717, 1.165) is 5.56 Å². The predicted molar refractivity (Wildman–Crippen MR) is 200 cm³/mol. The van der Waals surface area contributed by atoms with E-state index in [2.05, 4.69) is 5.32 Å². The third kappa shape index (κ3) is 18.3. The fraction of sp³-hybridized carbons (Fsp3) is 0.730. The first-order valence-electron chi connectivity index (χ1n) is 18.1. The first-order chi connectivity index (χ1) is 24.2. The lowest BCUT2D eigenvalue weighted by Gasteiger charge is -2.36. The Morgan fingerprint density at radius 1 is 0.623 bits per heavy atom. The monoisotopic (exact) mass is 750 g/mol. The van der Waals surface area contributed by atoms with Gasteiger partial charge in [-0.15, -0.1) is 0 Å². The van der Waals surface area contributed by atoms with Crippen LogP contribution in [0, 0.1) is 10.1 Å². The molecule has 16 nitrogen and oxygen atoms in total. The molecule has 1 fully saturated rings. The molecule has 0 bridgehead atoms. The Hall–Kier alpha value is -4.34. The third-order valence-electron chi connectivity index (χ3n) is 7.44. The maximum atomic E-state index is 13.5. The smallest absolute Gasteiger partial charge is 0.410 e. The van der Waals surface area contributed by atoms with Crippen molar-refractivity contribution in [2.45, 2.75) is 118 Å². The Labute approximate surface area is 314 Å². The van der Waals surface area contributed by atoms with E-state index in [-0.39, 0.29) is 51.5 Å². The number of carbonyl (C=O) groups excluding carboxylic acids is 4. The van der Waals surface area contributed by atoms with Crippen LogP contribution in [0.2, 0.25) is 0 Å². The van der Waals surface area contributed by atoms with Crippen molar-refractivity contribution in [1.29, 1.82) is 0 Å². The minimum absolute atomic E-state index is 0.0526. The first kappa shape index (κ1) is 44.8. The van der Waals surface area contributed by atoms with Crippen molar-refractivity contribution < 1.29 is 43.0 Å². The molecule has 16 heteroatoms. The van der Waals surface area contributed by atoms with Crippen LogP contribution in [0.15, 0.2) is 24.3 Å². The molecule has 300 valence electrons. The Balaban J connectivity index is 2.51. The van der Waals surface area contributed by atoms with Crippen LogP contribution in [0.3, 0.4) is 0 Å². The van der Waals surface area contributed by atoms with Crippen LogP contribution in [0.25, 0.3) is 0 Å². The molecule has 1 aromatic rings. The molecule has 0 radical (unpaired) electrons. The van der Waals surface area contributed by atoms with Crippen LogP contribution < -0.4 is 5.32 Å². The van der Waals surface area contributed by atoms with Crippen molar-refractivity contribution in [2.75, 3.05) is 58.9 Å². The quantitative estimate of drug-likeness (QED) is 0.204. The van der Waals surface area contributed by atoms with Gasteiger partial charge in [0.2, 0.25) is 0 Å². The Morgan fingerprint density at radius 3 is 1.28 bits per heavy atom. The van der Waals surface area contributed by atoms with Crippen LogP contribution in [0.5, 0.6) is 0 Å². The number of amides is 4. The summed E-state index contributed by atoms with van der Waals surface area (Å²) in [5.74, 6) is 0. The third-order valence-corrected chi connectivity index (χ3v) is 7.44. The molecule has 1 unspecified atom stereocenters. The van der Waals surface area contributed by atoms with Crippen LogP contribution in [-0.4, -0.2) is 136 Å². The van der Waals surface area contributed by atoms with Crippen molar-refractivity contribution in [3.8, 4) is 0 Å². The lowest BCUT2D eigenvalue weighted by Crippen LogP contribution is -2.53. The van der Waals surface area contributed by atoms with Crippen LogP contribution in [0.4, 0.5) is 24.9 Å². The largest absolute Gasteiger partial charge is 0.444 e. The summed E-state index contributed by atoms with van der Waals surface area (Å²) in [6.07, 6.45) is -2.00. The molecule has 1 saturated heterocycles. The number of alkyl carbamates (subject to hydrolysis) is 1. The second kappa shape index (κ2) is 18.6. The number of nitrogens with one attached hydrogen (secondary N) is 1. The van der Waals surface area contributed by atoms with E-state index in [9.17, 15) is 29.3 Å². The fourth-order valence-electron chi connectivity index (χ4n) is 5.15. The van der Waals surface area contributed by atoms with E-state index in [1.165, 1.54) is 26.8 Å². The summed E-state index contributed by atoms with van der Waals surface area (Å²) in [6, 6.07) is 5.57. The van der Waals surface area contributed by atoms with E-state index in [4.69, 9.17) is 18.9 Å². The normalized spacial score (nSPS) is 16.4. The summed E-state index contributed by atoms with van der Waals surface area (Å²) in [6.45, 7) is 23.0. The van der Waals surface area contributed by atoms with Gasteiger partial charge in [-0.3, -0.25) is 15.0 Å². The lowest BCUT2D eigenvalue weighted by molar-refractivity contribution is -0.384. The van der Waals surface area contributed by atoms with E-state index < -0.39 is 57.7 Å². The molecule has 53 heavy (non-hydrogen) atoms. The van der Waals surface area contributed by atoms with Gasteiger partial charge in [0.25, 0.3) is 5.69 Å². The van der Waals surface area contributed by atoms with E-state index in [1.807, 2.05) is 4.90 Å². The molecule has 1 atom stereocenters. The van der Waals surface area contributed by atoms with Gasteiger partial charge in [-0.2, -0.15) is 0 Å². The average molecular weight is 751 g/mol. The predicted octanol–water partition coefficient (Wildman–Crippen LogP) is 6.06. The zero-order chi connectivity index (χ0) is 40.4. The van der Waals surface area contributed by atoms with Gasteiger partial charge in [0.05, 0.1) is 4.92 Å². The first-order valence-corrected chi connectivity index (χ1v) is 18.1. The van der Waals surface area contributed by atoms with Crippen LogP contribution in [0.1, 0.15) is 88.6 Å². The molecular weight excluding hydrogens is 688 g/mol. The number of benzene rings is 1. The van der Waals surface area contributed by atoms with E-state index in [0.29, 0.717) is 19.5 Å². The van der Waals surface area contributed by atoms with Gasteiger partial charge in [0.1, 0.15) is 22.4 Å². The number of nitro benzene ring substituents is 1. The van der Waals surface area contributed by atoms with Crippen molar-refractivity contribution in [3.05, 3.63) is 39.9 Å². The minimum atomic E-state index is -0.771. The molecule has 2 rings (SSSR count). The molecular formula is C37H62N6O10. The van der Waals surface area contributed by atoms with Crippen molar-refractivity contribution in [2.24, 2.45) is 0 Å². The van der Waals surface area contributed by atoms with E-state index in [1.54, 1.807) is 95.2 Å². The maximum Gasteiger partial charge on any atom is 0.410 e. The summed E-state index contributed by atoms with van der Waals surface area (Å²) >= 11 is 0. The van der Waals surface area contributed by atoms with Crippen molar-refractivity contribution in [3.63, 3.8) is 0 Å². The number of rotatable bonds is 6. The van der Waals surface area contributed by atoms with Crippen LogP contribution >= 0.6 is 0 Å². The molecule has 1 N–H and O–H groups in total. The summed E-state index contributed by atoms with van der Waals surface area (Å²) in [7, 11) is 0. The van der Waals surface area contributed by atoms with Gasteiger partial charge in [0, 0.05) is 77.1 Å². The average Bonchev–Trinajstić information content (AvgIpc) is 2.95. The van der Waals surface area contributed by atoms with Gasteiger partial charge in [-0.1, -0.05) is 12.1 Å². The second-order valence-electron chi connectivity index (χ2n) is 17.2. The minimum Gasteiger partial charge on any atom is -0.444 e. The highest BCUT2D eigenvalue weighted by molar-refractivity contribution is 5.70. The van der Waals surface area contributed by atoms with Gasteiger partial charge in [-0.25, -0.2) is 19.2 Å². The van der Waals surface area contributed by atoms with Crippen LogP contribution in [-0.2, 0) is 25.4 Å². The molecule has 1 aromatic carbocycles. The van der Waals surface area contributed by atoms with Crippen molar-refractivity contribution >= 4 is 30.1 Å². The number of nitro groups is 1. The Morgan fingerprint density at radius 2 is 0.962 bits per heavy atom. The molecule has 0 aliphatic carbocycles. The summed E-state index contributed by atoms with van der Waals surface area (Å²) in [5, 5.41) is 14.2. The summed E-state index contributed by atoms with van der Waals surface area (Å²) < 4.78 is 22.7. The lowest BCUT2D eigenvalue weighted by atomic mass is 10.0. The molecule has 4 amide bonds. The second-order valence-corrected chi connectivity index (χ2v) is 17.2.